The van der Waals surface area contributed by atoms with Gasteiger partial charge in [0.2, 0.25) is 0 Å². The molecule has 0 unspecified atom stereocenters. The van der Waals surface area contributed by atoms with Gasteiger partial charge in [-0.3, -0.25) is 0 Å². The summed E-state index contributed by atoms with van der Waals surface area (Å²) in [7, 11) is 0. The molecule has 0 spiro atoms. The number of fused-ring (bicyclic) bond motifs is 10. The second-order valence-corrected chi connectivity index (χ2v) is 15.2. The highest BCUT2D eigenvalue weighted by Gasteiger charge is 2.35. The molecule has 1 aliphatic rings. The molecule has 0 amide bonds. The highest BCUT2D eigenvalue weighted by molar-refractivity contribution is 6.26. The van der Waals surface area contributed by atoms with E-state index < -0.39 is 0 Å². The van der Waals surface area contributed by atoms with Crippen LogP contribution in [0.5, 0.6) is 0 Å². The molecule has 1 aliphatic carbocycles. The number of hydrogen-bond acceptors (Lipinski definition) is 0. The van der Waals surface area contributed by atoms with Crippen LogP contribution in [0.4, 0.5) is 0 Å². The Morgan fingerprint density at radius 1 is 0.264 bits per heavy atom. The average Bonchev–Trinajstić information content (AvgIpc) is 3.45. The SMILES string of the molecule is CC1(C)c2ccccc2-c2cc(-c3ccc4c(c3)c(-c3cccc5ccccc35)cc3c5ccccc5c(-c5cccc6ccccc56)cc43)ccc21. The van der Waals surface area contributed by atoms with Crippen LogP contribution in [-0.2, 0) is 5.41 Å². The molecule has 10 aromatic carbocycles. The second-order valence-electron chi connectivity index (χ2n) is 15.2. The summed E-state index contributed by atoms with van der Waals surface area (Å²) in [6, 6.07) is 68.1. The minimum Gasteiger partial charge on any atom is -0.0619 e. The van der Waals surface area contributed by atoms with Gasteiger partial charge in [-0.25, -0.2) is 0 Å². The number of benzene rings is 10. The molecule has 0 bridgehead atoms. The summed E-state index contributed by atoms with van der Waals surface area (Å²) in [5, 5.41) is 12.7. The summed E-state index contributed by atoms with van der Waals surface area (Å²) in [5.41, 5.74) is 13.0. The normalized spacial score (nSPS) is 13.2. The zero-order chi connectivity index (χ0) is 35.3. The van der Waals surface area contributed by atoms with Crippen molar-refractivity contribution in [3.63, 3.8) is 0 Å². The zero-order valence-electron chi connectivity index (χ0n) is 29.8. The maximum Gasteiger partial charge on any atom is 0.0158 e. The summed E-state index contributed by atoms with van der Waals surface area (Å²) in [6.45, 7) is 4.70. The van der Waals surface area contributed by atoms with Crippen LogP contribution in [0.2, 0.25) is 0 Å². The Kier molecular flexibility index (Phi) is 6.40. The number of rotatable bonds is 3. The van der Waals surface area contributed by atoms with E-state index >= 15 is 0 Å². The Balaban J connectivity index is 1.23. The van der Waals surface area contributed by atoms with Crippen molar-refractivity contribution in [2.75, 3.05) is 0 Å². The maximum absolute atomic E-state index is 2.47. The summed E-state index contributed by atoms with van der Waals surface area (Å²) in [5.74, 6) is 0. The fourth-order valence-electron chi connectivity index (χ4n) is 9.45. The van der Waals surface area contributed by atoms with Crippen molar-refractivity contribution >= 4 is 53.9 Å². The van der Waals surface area contributed by atoms with Gasteiger partial charge in [0.15, 0.2) is 0 Å². The van der Waals surface area contributed by atoms with Gasteiger partial charge in [-0.15, -0.1) is 0 Å². The molecule has 10 aromatic rings. The molecular formula is C53H36. The summed E-state index contributed by atoms with van der Waals surface area (Å²) in [4.78, 5) is 0. The third-order valence-electron chi connectivity index (χ3n) is 12.1. The molecule has 11 rings (SSSR count). The molecule has 0 N–H and O–H groups in total. The minimum absolute atomic E-state index is 0.0150. The van der Waals surface area contributed by atoms with Gasteiger partial charge in [0.1, 0.15) is 0 Å². The molecule has 0 radical (unpaired) electrons. The van der Waals surface area contributed by atoms with Crippen LogP contribution < -0.4 is 0 Å². The van der Waals surface area contributed by atoms with Gasteiger partial charge < -0.3 is 0 Å². The quantitative estimate of drug-likeness (QED) is 0.164. The first-order valence-electron chi connectivity index (χ1n) is 18.7. The average molecular weight is 673 g/mol. The van der Waals surface area contributed by atoms with Crippen molar-refractivity contribution in [1.29, 1.82) is 0 Å². The van der Waals surface area contributed by atoms with Crippen LogP contribution in [0.15, 0.2) is 182 Å². The van der Waals surface area contributed by atoms with E-state index in [-0.39, 0.29) is 5.41 Å². The van der Waals surface area contributed by atoms with E-state index in [1.54, 1.807) is 0 Å². The third-order valence-corrected chi connectivity index (χ3v) is 12.1. The van der Waals surface area contributed by atoms with Crippen molar-refractivity contribution in [2.45, 2.75) is 19.3 Å². The molecule has 0 aliphatic heterocycles. The molecule has 0 heteroatoms. The molecule has 0 aromatic heterocycles. The lowest BCUT2D eigenvalue weighted by Gasteiger charge is -2.21. The lowest BCUT2D eigenvalue weighted by molar-refractivity contribution is 0.660. The molecule has 0 saturated heterocycles. The molecule has 0 saturated carbocycles. The van der Waals surface area contributed by atoms with Crippen LogP contribution in [-0.4, -0.2) is 0 Å². The second kappa shape index (κ2) is 11.2. The van der Waals surface area contributed by atoms with Crippen LogP contribution in [0.1, 0.15) is 25.0 Å². The predicted octanol–water partition coefficient (Wildman–Crippen LogP) is 14.8. The topological polar surface area (TPSA) is 0 Å². The van der Waals surface area contributed by atoms with E-state index in [1.165, 1.54) is 109 Å². The van der Waals surface area contributed by atoms with Gasteiger partial charge >= 0.3 is 0 Å². The first-order chi connectivity index (χ1) is 26.0. The van der Waals surface area contributed by atoms with Gasteiger partial charge in [-0.05, 0) is 134 Å². The third kappa shape index (κ3) is 4.42. The van der Waals surface area contributed by atoms with Gasteiger partial charge in [0.05, 0.1) is 0 Å². The largest absolute Gasteiger partial charge is 0.0619 e. The van der Waals surface area contributed by atoms with E-state index in [1.807, 2.05) is 0 Å². The van der Waals surface area contributed by atoms with E-state index in [2.05, 4.69) is 196 Å². The van der Waals surface area contributed by atoms with E-state index in [0.717, 1.165) is 0 Å². The van der Waals surface area contributed by atoms with E-state index in [9.17, 15) is 0 Å². The monoisotopic (exact) mass is 672 g/mol. The standard InChI is InChI=1S/C53H36/c1-53(2)51-24-10-9-21-44(51)50-30-36(26-28-52(50)53)35-25-27-43-45(29-35)47(40-23-12-16-34-14-4-6-18-38(34)40)32-48-42-20-8-7-19-41(42)46(31-49(43)48)39-22-11-15-33-13-3-5-17-37(33)39/h3-32H,1-2H3. The smallest absolute Gasteiger partial charge is 0.0158 e. The molecule has 0 fully saturated rings. The Bertz CT molecular complexity index is 3130. The van der Waals surface area contributed by atoms with Crippen molar-refractivity contribution in [2.24, 2.45) is 0 Å². The number of hydrogen-bond donors (Lipinski definition) is 0. The van der Waals surface area contributed by atoms with Crippen molar-refractivity contribution < 1.29 is 0 Å². The van der Waals surface area contributed by atoms with E-state index in [0.29, 0.717) is 0 Å². The Hall–Kier alpha value is -6.50. The summed E-state index contributed by atoms with van der Waals surface area (Å²) < 4.78 is 0. The highest BCUT2D eigenvalue weighted by atomic mass is 14.4. The first kappa shape index (κ1) is 30.2. The highest BCUT2D eigenvalue weighted by Crippen LogP contribution is 2.50. The fraction of sp³-hybridized carbons (Fsp3) is 0.0566. The predicted molar refractivity (Wildman–Crippen MR) is 228 cm³/mol. The maximum atomic E-state index is 2.47. The molecular weight excluding hydrogens is 637 g/mol. The van der Waals surface area contributed by atoms with Crippen LogP contribution in [0.3, 0.4) is 0 Å². The fourth-order valence-corrected chi connectivity index (χ4v) is 9.45. The summed E-state index contributed by atoms with van der Waals surface area (Å²) in [6.07, 6.45) is 0. The van der Waals surface area contributed by atoms with Crippen molar-refractivity contribution in [3.8, 4) is 44.5 Å². The first-order valence-corrected chi connectivity index (χ1v) is 18.7. The van der Waals surface area contributed by atoms with Crippen molar-refractivity contribution in [1.82, 2.24) is 0 Å². The molecule has 53 heavy (non-hydrogen) atoms. The van der Waals surface area contributed by atoms with Crippen LogP contribution in [0, 0.1) is 0 Å². The van der Waals surface area contributed by atoms with Gasteiger partial charge in [-0.1, -0.05) is 172 Å². The van der Waals surface area contributed by atoms with E-state index in [4.69, 9.17) is 0 Å². The molecule has 0 heterocycles. The van der Waals surface area contributed by atoms with Gasteiger partial charge in [0, 0.05) is 5.41 Å². The molecule has 0 atom stereocenters. The zero-order valence-corrected chi connectivity index (χ0v) is 29.8. The lowest BCUT2D eigenvalue weighted by Crippen LogP contribution is -2.14. The Labute approximate surface area is 309 Å². The lowest BCUT2D eigenvalue weighted by atomic mass is 9.82. The van der Waals surface area contributed by atoms with Crippen LogP contribution in [0.25, 0.3) is 98.4 Å². The van der Waals surface area contributed by atoms with Crippen LogP contribution >= 0.6 is 0 Å². The Morgan fingerprint density at radius 3 is 1.43 bits per heavy atom. The minimum atomic E-state index is -0.0150. The summed E-state index contributed by atoms with van der Waals surface area (Å²) >= 11 is 0. The molecule has 248 valence electrons. The van der Waals surface area contributed by atoms with Gasteiger partial charge in [0.25, 0.3) is 0 Å². The van der Waals surface area contributed by atoms with Gasteiger partial charge in [-0.2, -0.15) is 0 Å². The molecule has 0 nitrogen and oxygen atoms in total. The Morgan fingerprint density at radius 2 is 0.736 bits per heavy atom. The van der Waals surface area contributed by atoms with Crippen molar-refractivity contribution in [3.05, 3.63) is 193 Å².